The van der Waals surface area contributed by atoms with Gasteiger partial charge in [-0.3, -0.25) is 0 Å². The highest BCUT2D eigenvalue weighted by Crippen LogP contribution is 2.46. The van der Waals surface area contributed by atoms with Crippen LogP contribution < -0.4 is 14.2 Å². The van der Waals surface area contributed by atoms with E-state index >= 15 is 8.78 Å². The quantitative estimate of drug-likeness (QED) is 0.0329. The van der Waals surface area contributed by atoms with Gasteiger partial charge in [0.1, 0.15) is 34.6 Å². The van der Waals surface area contributed by atoms with Crippen LogP contribution in [0.1, 0.15) is 132 Å². The second-order valence-electron chi connectivity index (χ2n) is 19.7. The maximum Gasteiger partial charge on any atom is 0.189 e. The molecule has 0 aliphatic rings. The summed E-state index contributed by atoms with van der Waals surface area (Å²) in [6.07, 6.45) is 6.30. The Morgan fingerprint density at radius 2 is 1.23 bits per heavy atom. The van der Waals surface area contributed by atoms with E-state index in [1.807, 2.05) is 40.7 Å². The van der Waals surface area contributed by atoms with E-state index in [1.54, 1.807) is 0 Å². The maximum atomic E-state index is 15.4. The SMILES string of the molecule is C=C/C(=C\C(C)=C(\OCOCC)c1cc(F)cc(C)c1OCCCOc1c(C)cc(F)cc1-c1cc(C(C)(C)CC(C)(C)C)cc(I)c1OCOCC)C(C)(C)CC(C)(C)C. The number of ether oxygens (including phenoxy) is 6. The fraction of sp³-hybridized carbons (Fsp3) is 0.538. The number of benzene rings is 3. The molecule has 61 heavy (non-hydrogen) atoms. The lowest BCUT2D eigenvalue weighted by Gasteiger charge is -2.34. The fourth-order valence-corrected chi connectivity index (χ4v) is 9.19. The molecule has 6 nitrogen and oxygen atoms in total. The van der Waals surface area contributed by atoms with Gasteiger partial charge in [-0.1, -0.05) is 88.0 Å². The van der Waals surface area contributed by atoms with Gasteiger partial charge in [-0.05, 0) is 156 Å². The molecule has 0 bridgehead atoms. The number of halogens is 3. The van der Waals surface area contributed by atoms with Gasteiger partial charge in [0, 0.05) is 30.8 Å². The molecule has 9 heteroatoms. The molecule has 0 saturated heterocycles. The molecule has 3 aromatic carbocycles. The summed E-state index contributed by atoms with van der Waals surface area (Å²) >= 11 is 2.30. The minimum atomic E-state index is -0.404. The Bertz CT molecular complexity index is 2020. The third-order valence-electron chi connectivity index (χ3n) is 10.3. The van der Waals surface area contributed by atoms with Crippen LogP contribution in [0.25, 0.3) is 16.9 Å². The lowest BCUT2D eigenvalue weighted by atomic mass is 9.71. The summed E-state index contributed by atoms with van der Waals surface area (Å²) in [6.45, 7) is 37.4. The normalized spacial score (nSPS) is 13.2. The standard InChI is InChI=1S/C52H73F2IO6/c1-17-37(51(13,14)30-49(7,8)9)23-34(4)47(60-32-56-18-2)43-29-40(54)25-36(6)46(43)59-22-20-21-58-45-35(5)24-39(53)28-42(45)41-26-38(52(15,16)31-50(10,11)12)27-44(55)48(41)61-33-57-19-3/h17,23-29H,1,18-22,30-33H2,2-16H3/b37-23+,47-34+. The lowest BCUT2D eigenvalue weighted by Crippen LogP contribution is -2.25. The van der Waals surface area contributed by atoms with Crippen LogP contribution in [0, 0.1) is 45.3 Å². The van der Waals surface area contributed by atoms with Gasteiger partial charge >= 0.3 is 0 Å². The topological polar surface area (TPSA) is 55.4 Å². The van der Waals surface area contributed by atoms with Crippen molar-refractivity contribution >= 4 is 28.4 Å². The molecule has 3 aromatic rings. The third kappa shape index (κ3) is 15.4. The summed E-state index contributed by atoms with van der Waals surface area (Å²) in [5.41, 5.74) is 5.88. The first kappa shape index (κ1) is 51.9. The number of rotatable bonds is 22. The van der Waals surface area contributed by atoms with Crippen LogP contribution >= 0.6 is 22.6 Å². The smallest absolute Gasteiger partial charge is 0.189 e. The number of hydrogen-bond acceptors (Lipinski definition) is 6. The number of hydrogen-bond donors (Lipinski definition) is 0. The highest BCUT2D eigenvalue weighted by atomic mass is 127. The van der Waals surface area contributed by atoms with E-state index in [-0.39, 0.29) is 54.3 Å². The van der Waals surface area contributed by atoms with Crippen LogP contribution in [0.3, 0.4) is 0 Å². The summed E-state index contributed by atoms with van der Waals surface area (Å²) in [5.74, 6) is 1.37. The summed E-state index contributed by atoms with van der Waals surface area (Å²) < 4.78 is 68.2. The van der Waals surface area contributed by atoms with Crippen molar-refractivity contribution < 1.29 is 37.2 Å². The van der Waals surface area contributed by atoms with Crippen molar-refractivity contribution in [2.75, 3.05) is 40.0 Å². The minimum absolute atomic E-state index is 0.0115. The Labute approximate surface area is 380 Å². The van der Waals surface area contributed by atoms with Crippen molar-refractivity contribution in [3.05, 3.63) is 104 Å². The van der Waals surface area contributed by atoms with Crippen molar-refractivity contribution in [2.24, 2.45) is 16.2 Å². The average Bonchev–Trinajstić information content (AvgIpc) is 3.11. The Morgan fingerprint density at radius 3 is 1.80 bits per heavy atom. The van der Waals surface area contributed by atoms with Gasteiger partial charge in [-0.25, -0.2) is 8.78 Å². The van der Waals surface area contributed by atoms with E-state index < -0.39 is 5.82 Å². The molecule has 0 saturated carbocycles. The van der Waals surface area contributed by atoms with Gasteiger partial charge < -0.3 is 28.4 Å². The molecule has 0 aromatic heterocycles. The monoisotopic (exact) mass is 958 g/mol. The summed E-state index contributed by atoms with van der Waals surface area (Å²) in [6, 6.07) is 10.2. The first-order valence-electron chi connectivity index (χ1n) is 21.5. The Morgan fingerprint density at radius 1 is 0.689 bits per heavy atom. The second-order valence-corrected chi connectivity index (χ2v) is 20.8. The first-order chi connectivity index (χ1) is 28.3. The van der Waals surface area contributed by atoms with Gasteiger partial charge in [0.05, 0.1) is 22.3 Å². The zero-order chi connectivity index (χ0) is 45.9. The zero-order valence-electron chi connectivity index (χ0n) is 39.8. The molecule has 0 aliphatic carbocycles. The van der Waals surface area contributed by atoms with Gasteiger partial charge in [0.25, 0.3) is 0 Å². The molecule has 338 valence electrons. The molecule has 0 heterocycles. The predicted molar refractivity (Wildman–Crippen MR) is 257 cm³/mol. The van der Waals surface area contributed by atoms with Gasteiger partial charge in [-0.2, -0.15) is 0 Å². The van der Waals surface area contributed by atoms with Crippen LogP contribution in [0.4, 0.5) is 8.78 Å². The van der Waals surface area contributed by atoms with Crippen LogP contribution in [0.2, 0.25) is 0 Å². The van der Waals surface area contributed by atoms with Crippen molar-refractivity contribution in [3.8, 4) is 28.4 Å². The first-order valence-corrected chi connectivity index (χ1v) is 22.6. The van der Waals surface area contributed by atoms with Crippen molar-refractivity contribution in [2.45, 2.75) is 129 Å². The van der Waals surface area contributed by atoms with Crippen molar-refractivity contribution in [1.29, 1.82) is 0 Å². The van der Waals surface area contributed by atoms with E-state index in [9.17, 15) is 0 Å². The number of allylic oxidation sites excluding steroid dienone is 4. The molecule has 0 spiro atoms. The van der Waals surface area contributed by atoms with Crippen molar-refractivity contribution in [1.82, 2.24) is 0 Å². The fourth-order valence-electron chi connectivity index (χ4n) is 8.41. The van der Waals surface area contributed by atoms with Crippen LogP contribution in [-0.4, -0.2) is 40.0 Å². The van der Waals surface area contributed by atoms with Gasteiger partial charge in [0.15, 0.2) is 13.6 Å². The molecule has 0 radical (unpaired) electrons. The van der Waals surface area contributed by atoms with Crippen LogP contribution in [0.15, 0.2) is 66.3 Å². The predicted octanol–water partition coefficient (Wildman–Crippen LogP) is 15.1. The van der Waals surface area contributed by atoms with Gasteiger partial charge in [0.2, 0.25) is 0 Å². The molecular weight excluding hydrogens is 885 g/mol. The summed E-state index contributed by atoms with van der Waals surface area (Å²) in [5, 5.41) is 0. The molecule has 0 atom stereocenters. The highest BCUT2D eigenvalue weighted by Gasteiger charge is 2.31. The molecule has 0 aliphatic heterocycles. The van der Waals surface area contributed by atoms with Gasteiger partial charge in [-0.15, -0.1) is 0 Å². The van der Waals surface area contributed by atoms with Crippen LogP contribution in [0.5, 0.6) is 17.2 Å². The third-order valence-corrected chi connectivity index (χ3v) is 11.1. The van der Waals surface area contributed by atoms with E-state index in [0.29, 0.717) is 64.9 Å². The minimum Gasteiger partial charge on any atom is -0.493 e. The van der Waals surface area contributed by atoms with Crippen molar-refractivity contribution in [3.63, 3.8) is 0 Å². The average molecular weight is 959 g/mol. The summed E-state index contributed by atoms with van der Waals surface area (Å²) in [7, 11) is 0. The maximum absolute atomic E-state index is 15.4. The zero-order valence-corrected chi connectivity index (χ0v) is 41.9. The Balaban J connectivity index is 2.02. The molecular formula is C52H73F2IO6. The molecule has 3 rings (SSSR count). The lowest BCUT2D eigenvalue weighted by molar-refractivity contribution is 0.00464. The molecule has 0 N–H and O–H groups in total. The molecule has 0 fully saturated rings. The summed E-state index contributed by atoms with van der Waals surface area (Å²) in [4.78, 5) is 0. The van der Waals surface area contributed by atoms with E-state index in [1.165, 1.54) is 24.3 Å². The number of aryl methyl sites for hydroxylation is 2. The highest BCUT2D eigenvalue weighted by molar-refractivity contribution is 14.1. The largest absolute Gasteiger partial charge is 0.493 e. The second kappa shape index (κ2) is 22.3. The van der Waals surface area contributed by atoms with E-state index in [0.717, 1.165) is 38.7 Å². The Hall–Kier alpha value is -3.41. The Kier molecular flexibility index (Phi) is 19.0. The molecule has 0 unspecified atom stereocenters. The van der Waals surface area contributed by atoms with E-state index in [4.69, 9.17) is 28.4 Å². The van der Waals surface area contributed by atoms with E-state index in [2.05, 4.69) is 117 Å². The molecule has 0 amide bonds. The van der Waals surface area contributed by atoms with Crippen LogP contribution in [-0.2, 0) is 19.6 Å².